The fraction of sp³-hybridized carbons (Fsp3) is 0.765. The highest BCUT2D eigenvalue weighted by molar-refractivity contribution is 7.91. The molecule has 4 rings (SSSR count). The van der Waals surface area contributed by atoms with Crippen molar-refractivity contribution in [2.75, 3.05) is 54.7 Å². The van der Waals surface area contributed by atoms with Crippen molar-refractivity contribution in [3.8, 4) is 0 Å². The molecule has 9 heteroatoms. The van der Waals surface area contributed by atoms with E-state index in [1.807, 2.05) is 24.9 Å². The maximum absolute atomic E-state index is 11.8. The van der Waals surface area contributed by atoms with Gasteiger partial charge in [0.1, 0.15) is 5.82 Å². The number of aromatic nitrogens is 2. The van der Waals surface area contributed by atoms with Gasteiger partial charge < -0.3 is 19.3 Å². The molecule has 8 nitrogen and oxygen atoms in total. The number of hydrogen-bond acceptors (Lipinski definition) is 8. The smallest absolute Gasteiger partial charge is 0.227 e. The van der Waals surface area contributed by atoms with Crippen LogP contribution in [-0.2, 0) is 19.3 Å². The van der Waals surface area contributed by atoms with E-state index in [1.165, 1.54) is 0 Å². The summed E-state index contributed by atoms with van der Waals surface area (Å²) in [7, 11) is -1.01. The Bertz CT molecular complexity index is 769. The molecule has 3 aliphatic rings. The molecule has 26 heavy (non-hydrogen) atoms. The molecule has 0 aromatic carbocycles. The molecule has 1 spiro atoms. The highest BCUT2D eigenvalue weighted by Gasteiger charge is 2.40. The Hall–Kier alpha value is -1.45. The third-order valence-electron chi connectivity index (χ3n) is 5.57. The van der Waals surface area contributed by atoms with Crippen LogP contribution in [0.1, 0.15) is 25.0 Å². The molecule has 1 unspecified atom stereocenters. The minimum Gasteiger partial charge on any atom is -0.355 e. The molecule has 3 aliphatic heterocycles. The summed E-state index contributed by atoms with van der Waals surface area (Å²) in [6.45, 7) is 4.84. The lowest BCUT2D eigenvalue weighted by atomic mass is 10.0. The number of rotatable bonds is 3. The summed E-state index contributed by atoms with van der Waals surface area (Å²) in [5.74, 6) is 1.51. The number of piperidine rings is 1. The lowest BCUT2D eigenvalue weighted by molar-refractivity contribution is -0.169. The van der Waals surface area contributed by atoms with Gasteiger partial charge in [-0.25, -0.2) is 13.4 Å². The average Bonchev–Trinajstić information content (AvgIpc) is 3.21. The number of sulfone groups is 1. The van der Waals surface area contributed by atoms with Crippen LogP contribution in [0.4, 0.5) is 11.8 Å². The van der Waals surface area contributed by atoms with Gasteiger partial charge in [0, 0.05) is 50.8 Å². The van der Waals surface area contributed by atoms with E-state index in [0.717, 1.165) is 37.4 Å². The van der Waals surface area contributed by atoms with Gasteiger partial charge in [0.15, 0.2) is 15.6 Å². The van der Waals surface area contributed by atoms with E-state index in [0.29, 0.717) is 25.6 Å². The Morgan fingerprint density at radius 1 is 1.23 bits per heavy atom. The lowest BCUT2D eigenvalue weighted by Crippen LogP contribution is -2.46. The van der Waals surface area contributed by atoms with Crippen molar-refractivity contribution in [2.45, 2.75) is 38.0 Å². The molecule has 144 valence electrons. The first-order valence-corrected chi connectivity index (χ1v) is 11.0. The van der Waals surface area contributed by atoms with Crippen LogP contribution in [-0.4, -0.2) is 75.1 Å². The first-order valence-electron chi connectivity index (χ1n) is 9.18. The molecule has 0 bridgehead atoms. The number of ether oxygens (including phenoxy) is 2. The minimum absolute atomic E-state index is 0.0212. The highest BCUT2D eigenvalue weighted by Crippen LogP contribution is 2.33. The molecule has 1 aromatic rings. The first-order chi connectivity index (χ1) is 12.4. The first kappa shape index (κ1) is 17.9. The summed E-state index contributed by atoms with van der Waals surface area (Å²) in [6.07, 6.45) is 2.25. The quantitative estimate of drug-likeness (QED) is 0.757. The zero-order valence-electron chi connectivity index (χ0n) is 15.3. The molecule has 0 saturated carbocycles. The molecule has 4 heterocycles. The predicted molar refractivity (Wildman–Crippen MR) is 98.3 cm³/mol. The van der Waals surface area contributed by atoms with Crippen molar-refractivity contribution in [1.82, 2.24) is 9.97 Å². The Balaban J connectivity index is 1.50. The fourth-order valence-corrected chi connectivity index (χ4v) is 5.73. The van der Waals surface area contributed by atoms with Crippen molar-refractivity contribution in [3.05, 3.63) is 11.8 Å². The van der Waals surface area contributed by atoms with Gasteiger partial charge >= 0.3 is 0 Å². The fourth-order valence-electron chi connectivity index (χ4n) is 3.96. The molecule has 0 aliphatic carbocycles. The van der Waals surface area contributed by atoms with E-state index in [9.17, 15) is 8.42 Å². The SMILES string of the molecule is Cc1cc(N(C)C2CCS(=O)(=O)C2)nc(N2CCC3(CC2)OCCO3)n1. The Morgan fingerprint density at radius 3 is 2.54 bits per heavy atom. The van der Waals surface area contributed by atoms with Crippen molar-refractivity contribution in [1.29, 1.82) is 0 Å². The Kier molecular flexibility index (Phi) is 4.56. The van der Waals surface area contributed by atoms with Crippen molar-refractivity contribution < 1.29 is 17.9 Å². The van der Waals surface area contributed by atoms with E-state index in [-0.39, 0.29) is 17.5 Å². The standard InChI is InChI=1S/C17H26N4O4S/c1-13-11-15(20(2)14-3-10-26(22,23)12-14)19-16(18-13)21-6-4-17(5-7-21)24-8-9-25-17/h11,14H,3-10,12H2,1-2H3. The van der Waals surface area contributed by atoms with Crippen LogP contribution < -0.4 is 9.80 Å². The molecular formula is C17H26N4O4S. The van der Waals surface area contributed by atoms with Crippen molar-refractivity contribution in [2.24, 2.45) is 0 Å². The van der Waals surface area contributed by atoms with Crippen LogP contribution >= 0.6 is 0 Å². The summed E-state index contributed by atoms with van der Waals surface area (Å²) in [5, 5.41) is 0. The van der Waals surface area contributed by atoms with E-state index in [1.54, 1.807) is 0 Å². The summed E-state index contributed by atoms with van der Waals surface area (Å²) in [4.78, 5) is 13.5. The summed E-state index contributed by atoms with van der Waals surface area (Å²) in [5.41, 5.74) is 0.881. The Morgan fingerprint density at radius 2 is 1.92 bits per heavy atom. The predicted octanol–water partition coefficient (Wildman–Crippen LogP) is 0.752. The molecular weight excluding hydrogens is 356 g/mol. The molecule has 3 saturated heterocycles. The third kappa shape index (κ3) is 3.52. The van der Waals surface area contributed by atoms with Crippen LogP contribution in [0.15, 0.2) is 6.07 Å². The largest absolute Gasteiger partial charge is 0.355 e. The lowest BCUT2D eigenvalue weighted by Gasteiger charge is -2.38. The molecule has 0 amide bonds. The van der Waals surface area contributed by atoms with Crippen LogP contribution in [0.2, 0.25) is 0 Å². The Labute approximate surface area is 154 Å². The normalized spacial score (nSPS) is 27.2. The monoisotopic (exact) mass is 382 g/mol. The van der Waals surface area contributed by atoms with Crippen LogP contribution in [0, 0.1) is 6.92 Å². The van der Waals surface area contributed by atoms with E-state index < -0.39 is 15.6 Å². The average molecular weight is 382 g/mol. The second-order valence-electron chi connectivity index (χ2n) is 7.43. The minimum atomic E-state index is -2.93. The number of hydrogen-bond donors (Lipinski definition) is 0. The molecule has 0 N–H and O–H groups in total. The molecule has 1 aromatic heterocycles. The van der Waals surface area contributed by atoms with Gasteiger partial charge in [-0.15, -0.1) is 0 Å². The van der Waals surface area contributed by atoms with E-state index in [4.69, 9.17) is 14.5 Å². The van der Waals surface area contributed by atoms with Gasteiger partial charge in [-0.3, -0.25) is 0 Å². The van der Waals surface area contributed by atoms with Gasteiger partial charge in [-0.05, 0) is 13.3 Å². The zero-order chi connectivity index (χ0) is 18.4. The number of aryl methyl sites for hydroxylation is 1. The van der Waals surface area contributed by atoms with Gasteiger partial charge in [-0.2, -0.15) is 4.98 Å². The van der Waals surface area contributed by atoms with E-state index >= 15 is 0 Å². The van der Waals surface area contributed by atoms with Crippen molar-refractivity contribution in [3.63, 3.8) is 0 Å². The summed E-state index contributed by atoms with van der Waals surface area (Å²) >= 11 is 0. The zero-order valence-corrected chi connectivity index (χ0v) is 16.2. The maximum Gasteiger partial charge on any atom is 0.227 e. The topological polar surface area (TPSA) is 84.9 Å². The second-order valence-corrected chi connectivity index (χ2v) is 9.66. The molecule has 3 fully saturated rings. The van der Waals surface area contributed by atoms with Gasteiger partial charge in [0.05, 0.1) is 24.7 Å². The molecule has 0 radical (unpaired) electrons. The molecule has 1 atom stereocenters. The van der Waals surface area contributed by atoms with E-state index in [2.05, 4.69) is 9.88 Å². The number of nitrogens with zero attached hydrogens (tertiary/aromatic N) is 4. The summed E-state index contributed by atoms with van der Waals surface area (Å²) < 4.78 is 35.1. The third-order valence-corrected chi connectivity index (χ3v) is 7.32. The summed E-state index contributed by atoms with van der Waals surface area (Å²) in [6, 6.07) is 1.90. The number of anilines is 2. The van der Waals surface area contributed by atoms with Gasteiger partial charge in [0.25, 0.3) is 0 Å². The van der Waals surface area contributed by atoms with Gasteiger partial charge in [0.2, 0.25) is 5.95 Å². The highest BCUT2D eigenvalue weighted by atomic mass is 32.2. The van der Waals surface area contributed by atoms with Crippen LogP contribution in [0.25, 0.3) is 0 Å². The van der Waals surface area contributed by atoms with Crippen LogP contribution in [0.5, 0.6) is 0 Å². The second kappa shape index (κ2) is 6.61. The van der Waals surface area contributed by atoms with Gasteiger partial charge in [-0.1, -0.05) is 0 Å². The maximum atomic E-state index is 11.8. The van der Waals surface area contributed by atoms with Crippen LogP contribution in [0.3, 0.4) is 0 Å². The van der Waals surface area contributed by atoms with Crippen molar-refractivity contribution >= 4 is 21.6 Å².